The zero-order valence-corrected chi connectivity index (χ0v) is 9.37. The molecular formula is C13H12F2N2. The molecule has 17 heavy (non-hydrogen) atoms. The largest absolute Gasteiger partial charge is 0.379 e. The molecule has 1 N–H and O–H groups in total. The average Bonchev–Trinajstić information content (AvgIpc) is 2.30. The minimum atomic E-state index is -0.543. The van der Waals surface area contributed by atoms with Crippen molar-refractivity contribution in [3.63, 3.8) is 0 Å². The van der Waals surface area contributed by atoms with Gasteiger partial charge in [-0.1, -0.05) is 6.07 Å². The van der Waals surface area contributed by atoms with E-state index in [0.29, 0.717) is 0 Å². The van der Waals surface area contributed by atoms with E-state index in [1.165, 1.54) is 18.2 Å². The number of rotatable bonds is 3. The van der Waals surface area contributed by atoms with Gasteiger partial charge in [-0.25, -0.2) is 8.78 Å². The van der Waals surface area contributed by atoms with Gasteiger partial charge in [-0.3, -0.25) is 4.98 Å². The maximum atomic E-state index is 13.4. The summed E-state index contributed by atoms with van der Waals surface area (Å²) in [5, 5.41) is 2.97. The van der Waals surface area contributed by atoms with Gasteiger partial charge in [0.15, 0.2) is 0 Å². The Hall–Kier alpha value is -1.97. The van der Waals surface area contributed by atoms with Crippen LogP contribution in [0.4, 0.5) is 14.5 Å². The minimum Gasteiger partial charge on any atom is -0.379 e. The molecule has 0 radical (unpaired) electrons. The maximum Gasteiger partial charge on any atom is 0.131 e. The zero-order chi connectivity index (χ0) is 12.3. The summed E-state index contributed by atoms with van der Waals surface area (Å²) in [6.45, 7) is 2.01. The number of aryl methyl sites for hydroxylation is 1. The van der Waals surface area contributed by atoms with Gasteiger partial charge in [0.1, 0.15) is 11.6 Å². The van der Waals surface area contributed by atoms with Crippen LogP contribution in [0.3, 0.4) is 0 Å². The van der Waals surface area contributed by atoms with E-state index in [1.54, 1.807) is 12.4 Å². The molecule has 1 aromatic heterocycles. The summed E-state index contributed by atoms with van der Waals surface area (Å²) in [4.78, 5) is 3.95. The van der Waals surface area contributed by atoms with Crippen LogP contribution in [0.5, 0.6) is 0 Å². The Balaban J connectivity index is 2.16. The highest BCUT2D eigenvalue weighted by Gasteiger charge is 2.08. The Morgan fingerprint density at radius 2 is 1.88 bits per heavy atom. The van der Waals surface area contributed by atoms with Crippen LogP contribution in [0, 0.1) is 18.6 Å². The lowest BCUT2D eigenvalue weighted by Crippen LogP contribution is -2.05. The van der Waals surface area contributed by atoms with Crippen molar-refractivity contribution in [3.8, 4) is 0 Å². The first kappa shape index (κ1) is 11.5. The van der Waals surface area contributed by atoms with Gasteiger partial charge in [-0.05, 0) is 30.7 Å². The van der Waals surface area contributed by atoms with Crippen LogP contribution in [0.15, 0.2) is 36.7 Å². The molecule has 0 fully saturated rings. The highest BCUT2D eigenvalue weighted by Crippen LogP contribution is 2.16. The van der Waals surface area contributed by atoms with Gasteiger partial charge in [0.25, 0.3) is 0 Å². The van der Waals surface area contributed by atoms with Crippen LogP contribution in [0.2, 0.25) is 0 Å². The van der Waals surface area contributed by atoms with E-state index in [-0.39, 0.29) is 12.1 Å². The Bertz CT molecular complexity index is 506. The lowest BCUT2D eigenvalue weighted by Gasteiger charge is -2.09. The predicted octanol–water partition coefficient (Wildman–Crippen LogP) is 3.28. The fourth-order valence-electron chi connectivity index (χ4n) is 1.53. The van der Waals surface area contributed by atoms with Crippen LogP contribution in [0.1, 0.15) is 11.1 Å². The van der Waals surface area contributed by atoms with E-state index in [1.807, 2.05) is 13.0 Å². The van der Waals surface area contributed by atoms with Crippen LogP contribution in [-0.4, -0.2) is 4.98 Å². The molecule has 4 heteroatoms. The Morgan fingerprint density at radius 1 is 1.18 bits per heavy atom. The SMILES string of the molecule is Cc1ccncc1NCc1c(F)cccc1F. The third kappa shape index (κ3) is 2.58. The number of nitrogens with one attached hydrogen (secondary N) is 1. The Labute approximate surface area is 98.3 Å². The summed E-state index contributed by atoms with van der Waals surface area (Å²) in [6, 6.07) is 5.68. The van der Waals surface area contributed by atoms with E-state index < -0.39 is 11.6 Å². The second-order valence-corrected chi connectivity index (χ2v) is 3.74. The number of aromatic nitrogens is 1. The van der Waals surface area contributed by atoms with Crippen molar-refractivity contribution >= 4 is 5.69 Å². The first-order valence-electron chi connectivity index (χ1n) is 5.26. The molecule has 0 aliphatic carbocycles. The minimum absolute atomic E-state index is 0.0377. The number of nitrogens with zero attached hydrogens (tertiary/aromatic N) is 1. The van der Waals surface area contributed by atoms with Crippen molar-refractivity contribution in [2.75, 3.05) is 5.32 Å². The molecule has 0 saturated heterocycles. The van der Waals surface area contributed by atoms with Crippen molar-refractivity contribution in [2.45, 2.75) is 13.5 Å². The lowest BCUT2D eigenvalue weighted by atomic mass is 10.2. The van der Waals surface area contributed by atoms with Crippen LogP contribution in [-0.2, 0) is 6.54 Å². The molecule has 2 rings (SSSR count). The fourth-order valence-corrected chi connectivity index (χ4v) is 1.53. The quantitative estimate of drug-likeness (QED) is 0.881. The molecule has 1 heterocycles. The first-order chi connectivity index (χ1) is 8.18. The van der Waals surface area contributed by atoms with Crippen LogP contribution >= 0.6 is 0 Å². The molecule has 2 aromatic rings. The standard InChI is InChI=1S/C13H12F2N2/c1-9-5-6-16-8-13(9)17-7-10-11(14)3-2-4-12(10)15/h2-6,8,17H,7H2,1H3. The van der Waals surface area contributed by atoms with Crippen LogP contribution < -0.4 is 5.32 Å². The molecular weight excluding hydrogens is 222 g/mol. The van der Waals surface area contributed by atoms with Crippen molar-refractivity contribution in [1.82, 2.24) is 4.98 Å². The van der Waals surface area contributed by atoms with E-state index in [0.717, 1.165) is 11.3 Å². The third-order valence-corrected chi connectivity index (χ3v) is 2.56. The summed E-state index contributed by atoms with van der Waals surface area (Å²) in [7, 11) is 0. The van der Waals surface area contributed by atoms with E-state index >= 15 is 0 Å². The molecule has 0 spiro atoms. The average molecular weight is 234 g/mol. The van der Waals surface area contributed by atoms with Gasteiger partial charge in [0.2, 0.25) is 0 Å². The molecule has 0 aliphatic rings. The van der Waals surface area contributed by atoms with Gasteiger partial charge in [0.05, 0.1) is 11.9 Å². The highest BCUT2D eigenvalue weighted by atomic mass is 19.1. The predicted molar refractivity (Wildman–Crippen MR) is 62.7 cm³/mol. The molecule has 0 saturated carbocycles. The van der Waals surface area contributed by atoms with Gasteiger partial charge in [-0.2, -0.15) is 0 Å². The first-order valence-corrected chi connectivity index (χ1v) is 5.26. The van der Waals surface area contributed by atoms with Crippen molar-refractivity contribution < 1.29 is 8.78 Å². The second-order valence-electron chi connectivity index (χ2n) is 3.74. The number of benzene rings is 1. The Kier molecular flexibility index (Phi) is 3.32. The lowest BCUT2D eigenvalue weighted by molar-refractivity contribution is 0.560. The smallest absolute Gasteiger partial charge is 0.131 e. The van der Waals surface area contributed by atoms with Gasteiger partial charge in [-0.15, -0.1) is 0 Å². The topological polar surface area (TPSA) is 24.9 Å². The number of hydrogen-bond donors (Lipinski definition) is 1. The number of halogens is 2. The second kappa shape index (κ2) is 4.91. The molecule has 0 unspecified atom stereocenters. The summed E-state index contributed by atoms with van der Waals surface area (Å²) >= 11 is 0. The maximum absolute atomic E-state index is 13.4. The van der Waals surface area contributed by atoms with Crippen molar-refractivity contribution in [2.24, 2.45) is 0 Å². The number of pyridine rings is 1. The number of hydrogen-bond acceptors (Lipinski definition) is 2. The van der Waals surface area contributed by atoms with Crippen molar-refractivity contribution in [3.05, 3.63) is 59.4 Å². The normalized spacial score (nSPS) is 10.3. The molecule has 0 bridgehead atoms. The van der Waals surface area contributed by atoms with Gasteiger partial charge >= 0.3 is 0 Å². The van der Waals surface area contributed by atoms with E-state index in [2.05, 4.69) is 10.3 Å². The van der Waals surface area contributed by atoms with Gasteiger partial charge in [0, 0.05) is 18.3 Å². The monoisotopic (exact) mass is 234 g/mol. The van der Waals surface area contributed by atoms with Gasteiger partial charge < -0.3 is 5.32 Å². The molecule has 1 aromatic carbocycles. The summed E-state index contributed by atoms with van der Waals surface area (Å²) in [5.41, 5.74) is 1.79. The molecule has 2 nitrogen and oxygen atoms in total. The summed E-state index contributed by atoms with van der Waals surface area (Å²) in [5.74, 6) is -1.09. The molecule has 0 amide bonds. The highest BCUT2D eigenvalue weighted by molar-refractivity contribution is 5.48. The Morgan fingerprint density at radius 3 is 2.53 bits per heavy atom. The summed E-state index contributed by atoms with van der Waals surface area (Å²) < 4.78 is 26.7. The molecule has 88 valence electrons. The molecule has 0 atom stereocenters. The zero-order valence-electron chi connectivity index (χ0n) is 9.37. The van der Waals surface area contributed by atoms with E-state index in [9.17, 15) is 8.78 Å². The van der Waals surface area contributed by atoms with Crippen LogP contribution in [0.25, 0.3) is 0 Å². The van der Waals surface area contributed by atoms with Crippen molar-refractivity contribution in [1.29, 1.82) is 0 Å². The number of anilines is 1. The molecule has 0 aliphatic heterocycles. The summed E-state index contributed by atoms with van der Waals surface area (Å²) in [6.07, 6.45) is 3.30. The van der Waals surface area contributed by atoms with E-state index in [4.69, 9.17) is 0 Å². The fraction of sp³-hybridized carbons (Fsp3) is 0.154. The third-order valence-electron chi connectivity index (χ3n) is 2.56.